The molecule has 1 amide bonds. The second kappa shape index (κ2) is 10.5. The van der Waals surface area contributed by atoms with Crippen molar-refractivity contribution in [3.63, 3.8) is 0 Å². The topological polar surface area (TPSA) is 105 Å². The van der Waals surface area contributed by atoms with Crippen molar-refractivity contribution in [2.75, 3.05) is 12.4 Å². The minimum atomic E-state index is -4.12. The van der Waals surface area contributed by atoms with Crippen LogP contribution in [0.2, 0.25) is 0 Å². The maximum absolute atomic E-state index is 12.7. The zero-order valence-electron chi connectivity index (χ0n) is 17.7. The summed E-state index contributed by atoms with van der Waals surface area (Å²) in [6.07, 6.45) is 1.34. The average molecular weight is 574 g/mol. The molecule has 0 spiro atoms. The van der Waals surface area contributed by atoms with Gasteiger partial charge in [0, 0.05) is 9.26 Å². The molecule has 33 heavy (non-hydrogen) atoms. The number of hydrogen-bond donors (Lipinski definition) is 1. The van der Waals surface area contributed by atoms with Crippen molar-refractivity contribution in [3.05, 3.63) is 87.0 Å². The van der Waals surface area contributed by atoms with Crippen LogP contribution in [0, 0.1) is 21.8 Å². The number of ether oxygens (including phenoxy) is 1. The van der Waals surface area contributed by atoms with Crippen LogP contribution in [0.5, 0.6) is 11.5 Å². The SMILES string of the molecule is COc1ccc(/C=C(\C#N)C(=O)Nc2cccc(I)c2)cc1OS(=O)(=O)c1ccc(C)cc1. The number of amides is 1. The van der Waals surface area contributed by atoms with Crippen LogP contribution in [-0.2, 0) is 14.9 Å². The van der Waals surface area contributed by atoms with Gasteiger partial charge in [-0.15, -0.1) is 0 Å². The van der Waals surface area contributed by atoms with Gasteiger partial charge in [0.2, 0.25) is 0 Å². The van der Waals surface area contributed by atoms with Gasteiger partial charge >= 0.3 is 10.1 Å². The summed E-state index contributed by atoms with van der Waals surface area (Å²) in [5.74, 6) is -0.475. The molecule has 168 valence electrons. The number of nitrogens with zero attached hydrogens (tertiary/aromatic N) is 1. The molecule has 3 aromatic carbocycles. The fourth-order valence-corrected chi connectivity index (χ4v) is 4.27. The lowest BCUT2D eigenvalue weighted by Gasteiger charge is -2.12. The summed E-state index contributed by atoms with van der Waals surface area (Å²) in [5, 5.41) is 12.2. The molecule has 0 aliphatic heterocycles. The maximum atomic E-state index is 12.7. The van der Waals surface area contributed by atoms with Gasteiger partial charge in [0.1, 0.15) is 16.5 Å². The first-order valence-corrected chi connectivity index (χ1v) is 12.1. The first-order chi connectivity index (χ1) is 15.7. The molecule has 0 saturated carbocycles. The van der Waals surface area contributed by atoms with Gasteiger partial charge in [-0.3, -0.25) is 4.79 Å². The predicted octanol–water partition coefficient (Wildman–Crippen LogP) is 4.92. The number of benzene rings is 3. The Morgan fingerprint density at radius 3 is 2.42 bits per heavy atom. The predicted molar refractivity (Wildman–Crippen MR) is 133 cm³/mol. The molecular formula is C24H19IN2O5S. The zero-order chi connectivity index (χ0) is 24.0. The lowest BCUT2D eigenvalue weighted by molar-refractivity contribution is -0.112. The molecular weight excluding hydrogens is 555 g/mol. The Kier molecular flexibility index (Phi) is 7.73. The van der Waals surface area contributed by atoms with Gasteiger partial charge in [-0.2, -0.15) is 13.7 Å². The molecule has 0 aliphatic rings. The van der Waals surface area contributed by atoms with Gasteiger partial charge in [0.15, 0.2) is 11.5 Å². The smallest absolute Gasteiger partial charge is 0.339 e. The third kappa shape index (κ3) is 6.34. The van der Waals surface area contributed by atoms with E-state index in [1.54, 1.807) is 36.4 Å². The molecule has 0 radical (unpaired) electrons. The molecule has 0 fully saturated rings. The monoisotopic (exact) mass is 574 g/mol. The van der Waals surface area contributed by atoms with Crippen LogP contribution in [0.1, 0.15) is 11.1 Å². The highest BCUT2D eigenvalue weighted by Crippen LogP contribution is 2.31. The lowest BCUT2D eigenvalue weighted by Crippen LogP contribution is -2.13. The Bertz CT molecular complexity index is 1360. The molecule has 9 heteroatoms. The van der Waals surface area contributed by atoms with Crippen molar-refractivity contribution >= 4 is 50.4 Å². The number of halogens is 1. The molecule has 0 saturated heterocycles. The first-order valence-electron chi connectivity index (χ1n) is 9.60. The van der Waals surface area contributed by atoms with E-state index in [9.17, 15) is 18.5 Å². The minimum Gasteiger partial charge on any atom is -0.493 e. The van der Waals surface area contributed by atoms with Crippen molar-refractivity contribution in [2.45, 2.75) is 11.8 Å². The summed E-state index contributed by atoms with van der Waals surface area (Å²) in [6, 6.07) is 19.7. The van der Waals surface area contributed by atoms with Crippen LogP contribution in [0.25, 0.3) is 6.08 Å². The van der Waals surface area contributed by atoms with Crippen LogP contribution in [-0.4, -0.2) is 21.4 Å². The Balaban J connectivity index is 1.90. The number of methoxy groups -OCH3 is 1. The second-order valence-electron chi connectivity index (χ2n) is 6.90. The van der Waals surface area contributed by atoms with E-state index >= 15 is 0 Å². The zero-order valence-corrected chi connectivity index (χ0v) is 20.7. The Labute approximate surface area is 205 Å². The first kappa shape index (κ1) is 24.3. The molecule has 0 atom stereocenters. The third-order valence-electron chi connectivity index (χ3n) is 4.46. The average Bonchev–Trinajstić information content (AvgIpc) is 2.77. The van der Waals surface area contributed by atoms with E-state index in [4.69, 9.17) is 8.92 Å². The lowest BCUT2D eigenvalue weighted by atomic mass is 10.1. The normalized spacial score (nSPS) is 11.4. The summed E-state index contributed by atoms with van der Waals surface area (Å²) < 4.78 is 36.9. The van der Waals surface area contributed by atoms with Crippen LogP contribution < -0.4 is 14.2 Å². The number of aryl methyl sites for hydroxylation is 1. The molecule has 0 unspecified atom stereocenters. The number of nitriles is 1. The summed E-state index contributed by atoms with van der Waals surface area (Å²) >= 11 is 2.12. The number of carbonyl (C=O) groups excluding carboxylic acids is 1. The molecule has 0 heterocycles. The molecule has 0 bridgehead atoms. The Morgan fingerprint density at radius 2 is 1.79 bits per heavy atom. The number of hydrogen-bond acceptors (Lipinski definition) is 6. The molecule has 7 nitrogen and oxygen atoms in total. The van der Waals surface area contributed by atoms with E-state index in [2.05, 4.69) is 27.9 Å². The van der Waals surface area contributed by atoms with Gasteiger partial charge in [0.25, 0.3) is 5.91 Å². The largest absolute Gasteiger partial charge is 0.493 e. The maximum Gasteiger partial charge on any atom is 0.339 e. The number of carbonyl (C=O) groups is 1. The van der Waals surface area contributed by atoms with Gasteiger partial charge in [-0.1, -0.05) is 29.8 Å². The van der Waals surface area contributed by atoms with E-state index in [0.29, 0.717) is 11.3 Å². The highest BCUT2D eigenvalue weighted by atomic mass is 127. The number of nitrogens with one attached hydrogen (secondary N) is 1. The molecule has 3 aromatic rings. The number of anilines is 1. The highest BCUT2D eigenvalue weighted by Gasteiger charge is 2.20. The Morgan fingerprint density at radius 1 is 1.06 bits per heavy atom. The van der Waals surface area contributed by atoms with Crippen molar-refractivity contribution in [2.24, 2.45) is 0 Å². The highest BCUT2D eigenvalue weighted by molar-refractivity contribution is 14.1. The van der Waals surface area contributed by atoms with E-state index in [1.165, 1.54) is 37.5 Å². The summed E-state index contributed by atoms with van der Waals surface area (Å²) in [5.41, 5.74) is 1.69. The standard InChI is InChI=1S/C24H19IN2O5S/c1-16-6-9-21(10-7-16)33(29,30)32-23-13-17(8-11-22(23)31-2)12-18(15-26)24(28)27-20-5-3-4-19(25)14-20/h3-14H,1-2H3,(H,27,28)/b18-12+. The van der Waals surface area contributed by atoms with Crippen LogP contribution in [0.3, 0.4) is 0 Å². The van der Waals surface area contributed by atoms with Crippen LogP contribution >= 0.6 is 22.6 Å². The van der Waals surface area contributed by atoms with Gasteiger partial charge in [0.05, 0.1) is 7.11 Å². The van der Waals surface area contributed by atoms with Crippen LogP contribution in [0.4, 0.5) is 5.69 Å². The number of rotatable bonds is 7. The second-order valence-corrected chi connectivity index (χ2v) is 9.69. The van der Waals surface area contributed by atoms with Crippen molar-refractivity contribution in [3.8, 4) is 17.6 Å². The van der Waals surface area contributed by atoms with Gasteiger partial charge in [-0.25, -0.2) is 0 Å². The fourth-order valence-electron chi connectivity index (χ4n) is 2.80. The summed E-state index contributed by atoms with van der Waals surface area (Å²) in [7, 11) is -2.74. The molecule has 3 rings (SSSR count). The molecule has 0 aliphatic carbocycles. The Hall–Kier alpha value is -3.36. The van der Waals surface area contributed by atoms with E-state index in [0.717, 1.165) is 9.13 Å². The summed E-state index contributed by atoms with van der Waals surface area (Å²) in [4.78, 5) is 12.5. The van der Waals surface area contributed by atoms with Gasteiger partial charge < -0.3 is 14.2 Å². The molecule has 0 aromatic heterocycles. The van der Waals surface area contributed by atoms with E-state index in [-0.39, 0.29) is 22.0 Å². The van der Waals surface area contributed by atoms with Crippen LogP contribution in [0.15, 0.2) is 77.2 Å². The summed E-state index contributed by atoms with van der Waals surface area (Å²) in [6.45, 7) is 1.84. The van der Waals surface area contributed by atoms with E-state index < -0.39 is 16.0 Å². The van der Waals surface area contributed by atoms with Crippen molar-refractivity contribution in [1.82, 2.24) is 0 Å². The van der Waals surface area contributed by atoms with Crippen molar-refractivity contribution in [1.29, 1.82) is 5.26 Å². The van der Waals surface area contributed by atoms with Gasteiger partial charge in [-0.05, 0) is 83.6 Å². The minimum absolute atomic E-state index is 0.00863. The van der Waals surface area contributed by atoms with E-state index in [1.807, 2.05) is 19.1 Å². The third-order valence-corrected chi connectivity index (χ3v) is 6.37. The fraction of sp³-hybridized carbons (Fsp3) is 0.0833. The molecule has 1 N–H and O–H groups in total. The quantitative estimate of drug-likeness (QED) is 0.186. The van der Waals surface area contributed by atoms with Crippen molar-refractivity contribution < 1.29 is 22.1 Å².